The van der Waals surface area contributed by atoms with Gasteiger partial charge in [-0.1, -0.05) is 164 Å². The van der Waals surface area contributed by atoms with Crippen LogP contribution in [0.3, 0.4) is 0 Å². The molecule has 0 N–H and O–H groups in total. The van der Waals surface area contributed by atoms with Crippen LogP contribution in [0.5, 0.6) is 0 Å². The van der Waals surface area contributed by atoms with Crippen molar-refractivity contribution in [3.63, 3.8) is 0 Å². The molecule has 11 aromatic carbocycles. The first-order valence-electron chi connectivity index (χ1n) is 24.0. The Labute approximate surface area is 407 Å². The number of para-hydroxylation sites is 5. The number of aromatic nitrogens is 5. The Morgan fingerprint density at radius 3 is 1.70 bits per heavy atom. The average Bonchev–Trinajstić information content (AvgIpc) is 4.11. The van der Waals surface area contributed by atoms with Gasteiger partial charge in [0, 0.05) is 65.6 Å². The van der Waals surface area contributed by atoms with Crippen LogP contribution >= 0.6 is 0 Å². The van der Waals surface area contributed by atoms with E-state index < -0.39 is 0 Å². The van der Waals surface area contributed by atoms with E-state index in [0.717, 1.165) is 105 Å². The normalized spacial score (nSPS) is 11.9. The fraction of sp³-hybridized carbons (Fsp3) is 0. The zero-order valence-corrected chi connectivity index (χ0v) is 38.2. The van der Waals surface area contributed by atoms with E-state index >= 15 is 0 Å². The number of nitrogens with zero attached hydrogens (tertiary/aromatic N) is 5. The Bertz CT molecular complexity index is 4640. The van der Waals surface area contributed by atoms with Gasteiger partial charge in [-0.25, -0.2) is 15.0 Å². The van der Waals surface area contributed by atoms with Gasteiger partial charge in [0.2, 0.25) is 0 Å². The molecule has 0 radical (unpaired) electrons. The SMILES string of the molecule is c1ccc(-c2nc(-c3ccc(-n4c5ccccc5c5cc6ccccc6cc54)c(-c4cc5ccccc5c5oc6ccccc6c45)c3)nc(-c3cccc4c5ccccc5n(-c5ccccc5)c34)n2)cc1. The fourth-order valence-corrected chi connectivity index (χ4v) is 11.2. The Morgan fingerprint density at radius 2 is 0.915 bits per heavy atom. The maximum Gasteiger partial charge on any atom is 0.166 e. The zero-order valence-electron chi connectivity index (χ0n) is 38.2. The second-order valence-electron chi connectivity index (χ2n) is 18.3. The summed E-state index contributed by atoms with van der Waals surface area (Å²) < 4.78 is 11.6. The van der Waals surface area contributed by atoms with Crippen molar-refractivity contribution >= 4 is 87.1 Å². The van der Waals surface area contributed by atoms with E-state index in [1.165, 1.54) is 21.5 Å². The summed E-state index contributed by atoms with van der Waals surface area (Å²) in [6.45, 7) is 0. The molecule has 0 spiro atoms. The molecule has 0 aliphatic carbocycles. The van der Waals surface area contributed by atoms with Crippen molar-refractivity contribution in [2.75, 3.05) is 0 Å². The van der Waals surface area contributed by atoms with Gasteiger partial charge >= 0.3 is 0 Å². The van der Waals surface area contributed by atoms with E-state index in [9.17, 15) is 0 Å². The number of fused-ring (bicyclic) bond motifs is 12. The molecule has 0 bridgehead atoms. The van der Waals surface area contributed by atoms with Crippen LogP contribution in [0, 0.1) is 0 Å². The third-order valence-electron chi connectivity index (χ3n) is 14.3. The predicted octanol–water partition coefficient (Wildman–Crippen LogP) is 16.9. The number of furan rings is 1. The number of hydrogen-bond donors (Lipinski definition) is 0. The van der Waals surface area contributed by atoms with Gasteiger partial charge in [0.1, 0.15) is 11.2 Å². The average molecular weight is 906 g/mol. The summed E-state index contributed by atoms with van der Waals surface area (Å²) in [5.41, 5.74) is 13.0. The molecule has 6 nitrogen and oxygen atoms in total. The minimum absolute atomic E-state index is 0.573. The summed E-state index contributed by atoms with van der Waals surface area (Å²) in [7, 11) is 0. The molecule has 0 unspecified atom stereocenters. The first-order chi connectivity index (χ1) is 35.2. The number of hydrogen-bond acceptors (Lipinski definition) is 4. The maximum absolute atomic E-state index is 6.85. The van der Waals surface area contributed by atoms with Crippen LogP contribution in [0.4, 0.5) is 0 Å². The Morgan fingerprint density at radius 1 is 0.324 bits per heavy atom. The summed E-state index contributed by atoms with van der Waals surface area (Å²) in [4.78, 5) is 16.2. The molecule has 15 aromatic rings. The van der Waals surface area contributed by atoms with Crippen LogP contribution in [0.25, 0.3) is 144 Å². The van der Waals surface area contributed by atoms with E-state index in [4.69, 9.17) is 19.4 Å². The van der Waals surface area contributed by atoms with Crippen molar-refractivity contribution in [1.29, 1.82) is 0 Å². The summed E-state index contributed by atoms with van der Waals surface area (Å²) in [5, 5.41) is 11.4. The van der Waals surface area contributed by atoms with Gasteiger partial charge in [-0.15, -0.1) is 0 Å². The highest BCUT2D eigenvalue weighted by molar-refractivity contribution is 6.22. The monoisotopic (exact) mass is 905 g/mol. The first kappa shape index (κ1) is 39.4. The molecule has 71 heavy (non-hydrogen) atoms. The topological polar surface area (TPSA) is 61.7 Å². The lowest BCUT2D eigenvalue weighted by molar-refractivity contribution is 0.673. The number of benzene rings is 11. The molecule has 0 fully saturated rings. The summed E-state index contributed by atoms with van der Waals surface area (Å²) in [6.07, 6.45) is 0. The maximum atomic E-state index is 6.85. The molecule has 0 saturated heterocycles. The van der Waals surface area contributed by atoms with Crippen LogP contribution in [-0.2, 0) is 0 Å². The molecule has 15 rings (SSSR count). The Kier molecular flexibility index (Phi) is 8.56. The number of rotatable bonds is 6. The molecule has 330 valence electrons. The fourth-order valence-electron chi connectivity index (χ4n) is 11.2. The lowest BCUT2D eigenvalue weighted by Crippen LogP contribution is -2.03. The van der Waals surface area contributed by atoms with Crippen LogP contribution in [0.2, 0.25) is 0 Å². The molecular formula is C65H39N5O. The van der Waals surface area contributed by atoms with Crippen LogP contribution in [0.15, 0.2) is 241 Å². The van der Waals surface area contributed by atoms with Crippen molar-refractivity contribution in [1.82, 2.24) is 24.1 Å². The summed E-state index contributed by atoms with van der Waals surface area (Å²) in [5.74, 6) is 1.76. The smallest absolute Gasteiger partial charge is 0.166 e. The van der Waals surface area contributed by atoms with Gasteiger partial charge in [-0.3, -0.25) is 0 Å². The van der Waals surface area contributed by atoms with E-state index in [-0.39, 0.29) is 0 Å². The highest BCUT2D eigenvalue weighted by atomic mass is 16.3. The van der Waals surface area contributed by atoms with E-state index in [1.807, 2.05) is 24.3 Å². The van der Waals surface area contributed by atoms with Gasteiger partial charge < -0.3 is 13.6 Å². The molecule has 0 aliphatic rings. The molecular weight excluding hydrogens is 867 g/mol. The van der Waals surface area contributed by atoms with Crippen molar-refractivity contribution in [3.8, 4) is 56.7 Å². The first-order valence-corrected chi connectivity index (χ1v) is 24.0. The van der Waals surface area contributed by atoms with E-state index in [1.54, 1.807) is 0 Å². The Hall–Kier alpha value is -9.65. The molecule has 0 saturated carbocycles. The second-order valence-corrected chi connectivity index (χ2v) is 18.3. The van der Waals surface area contributed by atoms with Gasteiger partial charge in [-0.05, 0) is 94.5 Å². The third-order valence-corrected chi connectivity index (χ3v) is 14.3. The summed E-state index contributed by atoms with van der Waals surface area (Å²) in [6, 6.07) is 83.9. The zero-order chi connectivity index (χ0) is 46.6. The minimum atomic E-state index is 0.573. The van der Waals surface area contributed by atoms with Gasteiger partial charge in [0.25, 0.3) is 0 Å². The molecule has 4 heterocycles. The molecule has 0 aliphatic heterocycles. The highest BCUT2D eigenvalue weighted by Gasteiger charge is 2.24. The standard InChI is InChI=1S/C65H39N5O/c1-3-18-40(19-4-1)63-66-64(68-65(67-63)51-30-17-29-49-47-26-11-14-31-55(47)69(61(49)51)45-23-5-2-6-24-45)44-34-35-57(70-56-32-15-12-27-48(56)52-36-41-20-7-8-21-42(41)39-58(52)70)53(38-44)54-37-43-22-9-10-25-46(43)62-60(54)50-28-13-16-33-59(50)71-62/h1-39H. The third kappa shape index (κ3) is 6.05. The highest BCUT2D eigenvalue weighted by Crippen LogP contribution is 2.46. The van der Waals surface area contributed by atoms with Crippen molar-refractivity contribution < 1.29 is 4.42 Å². The molecule has 4 aromatic heterocycles. The minimum Gasteiger partial charge on any atom is -0.455 e. The van der Waals surface area contributed by atoms with Crippen molar-refractivity contribution in [3.05, 3.63) is 237 Å². The lowest BCUT2D eigenvalue weighted by atomic mass is 9.93. The van der Waals surface area contributed by atoms with Gasteiger partial charge in [0.15, 0.2) is 17.5 Å². The predicted molar refractivity (Wildman–Crippen MR) is 293 cm³/mol. The lowest BCUT2D eigenvalue weighted by Gasteiger charge is -2.18. The molecule has 0 amide bonds. The van der Waals surface area contributed by atoms with Gasteiger partial charge in [0.05, 0.1) is 27.8 Å². The molecule has 6 heteroatoms. The van der Waals surface area contributed by atoms with Gasteiger partial charge in [-0.2, -0.15) is 0 Å². The van der Waals surface area contributed by atoms with Crippen molar-refractivity contribution in [2.45, 2.75) is 0 Å². The van der Waals surface area contributed by atoms with Crippen molar-refractivity contribution in [2.24, 2.45) is 0 Å². The van der Waals surface area contributed by atoms with Crippen LogP contribution in [-0.4, -0.2) is 24.1 Å². The second kappa shape index (κ2) is 15.4. The summed E-state index contributed by atoms with van der Waals surface area (Å²) >= 11 is 0. The van der Waals surface area contributed by atoms with Crippen LogP contribution < -0.4 is 0 Å². The largest absolute Gasteiger partial charge is 0.455 e. The quantitative estimate of drug-likeness (QED) is 0.167. The van der Waals surface area contributed by atoms with Crippen LogP contribution in [0.1, 0.15) is 0 Å². The Balaban J connectivity index is 1.05. The van der Waals surface area contributed by atoms with E-state index in [2.05, 4.69) is 221 Å². The molecule has 0 atom stereocenters. The van der Waals surface area contributed by atoms with E-state index in [0.29, 0.717) is 17.5 Å².